The summed E-state index contributed by atoms with van der Waals surface area (Å²) in [6.45, 7) is 4.84. The molecule has 1 heterocycles. The second-order valence-electron chi connectivity index (χ2n) is 5.40. The Morgan fingerprint density at radius 2 is 1.92 bits per heavy atom. The van der Waals surface area contributed by atoms with Crippen molar-refractivity contribution in [2.24, 2.45) is 0 Å². The number of benzene rings is 2. The number of rotatable bonds is 7. The topological polar surface area (TPSA) is 47.0 Å². The zero-order valence-electron chi connectivity index (χ0n) is 14.0. The largest absolute Gasteiger partial charge is 0.493 e. The smallest absolute Gasteiger partial charge is 0.210 e. The van der Waals surface area contributed by atoms with E-state index in [2.05, 4.69) is 57.4 Å². The molecule has 4 nitrogen and oxygen atoms in total. The summed E-state index contributed by atoms with van der Waals surface area (Å²) in [5, 5.41) is 12.6. The SMILES string of the molecule is Cc1cccc(Nc2nnc(SCCOc3ccc(Br)cc3)s2)c1C. The van der Waals surface area contributed by atoms with E-state index in [0.717, 1.165) is 31.1 Å². The van der Waals surface area contributed by atoms with Crippen LogP contribution in [0, 0.1) is 13.8 Å². The van der Waals surface area contributed by atoms with Crippen molar-refractivity contribution in [1.82, 2.24) is 10.2 Å². The Hall–Kier alpha value is -1.57. The van der Waals surface area contributed by atoms with E-state index in [1.165, 1.54) is 11.1 Å². The lowest BCUT2D eigenvalue weighted by Crippen LogP contribution is -1.99. The normalized spacial score (nSPS) is 10.7. The number of ether oxygens (including phenoxy) is 1. The van der Waals surface area contributed by atoms with Gasteiger partial charge in [0.15, 0.2) is 4.34 Å². The van der Waals surface area contributed by atoms with Crippen molar-refractivity contribution in [2.45, 2.75) is 18.2 Å². The molecule has 0 fully saturated rings. The maximum Gasteiger partial charge on any atom is 0.210 e. The fourth-order valence-corrected chi connectivity index (χ4v) is 4.06. The number of nitrogens with one attached hydrogen (secondary N) is 1. The Kier molecular flexibility index (Phi) is 6.34. The Morgan fingerprint density at radius 1 is 1.12 bits per heavy atom. The highest BCUT2D eigenvalue weighted by atomic mass is 79.9. The molecule has 25 heavy (non-hydrogen) atoms. The Bertz CT molecular complexity index is 837. The molecule has 0 saturated heterocycles. The van der Waals surface area contributed by atoms with Gasteiger partial charge in [0.1, 0.15) is 5.75 Å². The molecule has 2 aromatic carbocycles. The Labute approximate surface area is 164 Å². The highest BCUT2D eigenvalue weighted by Crippen LogP contribution is 2.29. The molecule has 0 aliphatic carbocycles. The van der Waals surface area contributed by atoms with Crippen LogP contribution >= 0.6 is 39.0 Å². The molecule has 0 bridgehead atoms. The van der Waals surface area contributed by atoms with Crippen molar-refractivity contribution in [1.29, 1.82) is 0 Å². The summed E-state index contributed by atoms with van der Waals surface area (Å²) in [6.07, 6.45) is 0. The molecular weight excluding hydrogens is 418 g/mol. The lowest BCUT2D eigenvalue weighted by atomic mass is 10.1. The van der Waals surface area contributed by atoms with Gasteiger partial charge in [-0.25, -0.2) is 0 Å². The summed E-state index contributed by atoms with van der Waals surface area (Å²) in [5.41, 5.74) is 3.57. The molecule has 130 valence electrons. The summed E-state index contributed by atoms with van der Waals surface area (Å²) < 4.78 is 7.70. The van der Waals surface area contributed by atoms with E-state index in [-0.39, 0.29) is 0 Å². The van der Waals surface area contributed by atoms with Crippen LogP contribution in [0.25, 0.3) is 0 Å². The lowest BCUT2D eigenvalue weighted by molar-refractivity contribution is 0.344. The summed E-state index contributed by atoms with van der Waals surface area (Å²) in [6, 6.07) is 14.0. The van der Waals surface area contributed by atoms with Crippen molar-refractivity contribution < 1.29 is 4.74 Å². The van der Waals surface area contributed by atoms with Crippen molar-refractivity contribution in [2.75, 3.05) is 17.7 Å². The van der Waals surface area contributed by atoms with Gasteiger partial charge in [-0.2, -0.15) is 0 Å². The van der Waals surface area contributed by atoms with Crippen LogP contribution in [0.1, 0.15) is 11.1 Å². The van der Waals surface area contributed by atoms with Gasteiger partial charge in [0, 0.05) is 15.9 Å². The highest BCUT2D eigenvalue weighted by Gasteiger charge is 2.07. The molecule has 0 spiro atoms. The van der Waals surface area contributed by atoms with E-state index < -0.39 is 0 Å². The molecule has 0 atom stereocenters. The molecule has 0 saturated carbocycles. The van der Waals surface area contributed by atoms with E-state index in [4.69, 9.17) is 4.74 Å². The molecule has 0 radical (unpaired) electrons. The van der Waals surface area contributed by atoms with Gasteiger partial charge in [0.2, 0.25) is 5.13 Å². The first kappa shape index (κ1) is 18.2. The molecule has 3 rings (SSSR count). The minimum absolute atomic E-state index is 0.631. The van der Waals surface area contributed by atoms with Crippen LogP contribution in [0.4, 0.5) is 10.8 Å². The quantitative estimate of drug-likeness (QED) is 0.373. The molecule has 0 aliphatic rings. The number of hydrogen-bond acceptors (Lipinski definition) is 6. The fourth-order valence-electron chi connectivity index (χ4n) is 2.14. The van der Waals surface area contributed by atoms with Crippen molar-refractivity contribution >= 4 is 49.8 Å². The van der Waals surface area contributed by atoms with Crippen LogP contribution in [-0.4, -0.2) is 22.6 Å². The molecule has 0 amide bonds. The maximum absolute atomic E-state index is 5.71. The molecule has 1 aromatic heterocycles. The predicted molar refractivity (Wildman–Crippen MR) is 109 cm³/mol. The van der Waals surface area contributed by atoms with Crippen LogP contribution in [0.15, 0.2) is 51.3 Å². The first-order valence-electron chi connectivity index (χ1n) is 7.80. The molecule has 3 aromatic rings. The minimum Gasteiger partial charge on any atom is -0.493 e. The van der Waals surface area contributed by atoms with E-state index in [9.17, 15) is 0 Å². The second-order valence-corrected chi connectivity index (χ2v) is 8.63. The van der Waals surface area contributed by atoms with Crippen LogP contribution < -0.4 is 10.1 Å². The van der Waals surface area contributed by atoms with Crippen molar-refractivity contribution in [3.05, 3.63) is 58.1 Å². The maximum atomic E-state index is 5.71. The van der Waals surface area contributed by atoms with Crippen LogP contribution in [0.2, 0.25) is 0 Å². The molecule has 7 heteroatoms. The highest BCUT2D eigenvalue weighted by molar-refractivity contribution is 9.10. The number of nitrogens with zero attached hydrogens (tertiary/aromatic N) is 2. The average molecular weight is 436 g/mol. The molecule has 0 unspecified atom stereocenters. The standard InChI is InChI=1S/C18H18BrN3OS2/c1-12-4-3-5-16(13(12)2)20-17-21-22-18(25-17)24-11-10-23-15-8-6-14(19)7-9-15/h3-9H,10-11H2,1-2H3,(H,20,21). The van der Waals surface area contributed by atoms with Crippen molar-refractivity contribution in [3.63, 3.8) is 0 Å². The minimum atomic E-state index is 0.631. The van der Waals surface area contributed by atoms with Gasteiger partial charge in [-0.05, 0) is 55.3 Å². The van der Waals surface area contributed by atoms with E-state index in [1.807, 2.05) is 30.3 Å². The van der Waals surface area contributed by atoms with Gasteiger partial charge >= 0.3 is 0 Å². The van der Waals surface area contributed by atoms with Gasteiger partial charge in [-0.1, -0.05) is 51.2 Å². The zero-order valence-corrected chi connectivity index (χ0v) is 17.2. The van der Waals surface area contributed by atoms with Gasteiger partial charge in [-0.3, -0.25) is 0 Å². The first-order chi connectivity index (χ1) is 12.1. The summed E-state index contributed by atoms with van der Waals surface area (Å²) >= 11 is 6.62. The monoisotopic (exact) mass is 435 g/mol. The molecule has 0 aliphatic heterocycles. The van der Waals surface area contributed by atoms with Crippen LogP contribution in [-0.2, 0) is 0 Å². The van der Waals surface area contributed by atoms with Crippen LogP contribution in [0.5, 0.6) is 5.75 Å². The third-order valence-electron chi connectivity index (χ3n) is 3.64. The Balaban J connectivity index is 1.48. The van der Waals surface area contributed by atoms with E-state index >= 15 is 0 Å². The number of aryl methyl sites for hydroxylation is 1. The second kappa shape index (κ2) is 8.69. The van der Waals surface area contributed by atoms with Gasteiger partial charge < -0.3 is 10.1 Å². The van der Waals surface area contributed by atoms with Gasteiger partial charge in [0.25, 0.3) is 0 Å². The Morgan fingerprint density at radius 3 is 2.72 bits per heavy atom. The number of aromatic nitrogens is 2. The van der Waals surface area contributed by atoms with E-state index in [0.29, 0.717) is 6.61 Å². The number of hydrogen-bond donors (Lipinski definition) is 1. The van der Waals surface area contributed by atoms with Gasteiger partial charge in [0.05, 0.1) is 6.61 Å². The summed E-state index contributed by atoms with van der Waals surface area (Å²) in [7, 11) is 0. The number of thioether (sulfide) groups is 1. The number of anilines is 2. The average Bonchev–Trinajstić information content (AvgIpc) is 3.05. The third kappa shape index (κ3) is 5.20. The number of halogens is 1. The summed E-state index contributed by atoms with van der Waals surface area (Å²) in [4.78, 5) is 0. The third-order valence-corrected chi connectivity index (χ3v) is 6.11. The summed E-state index contributed by atoms with van der Waals surface area (Å²) in [5.74, 6) is 1.70. The van der Waals surface area contributed by atoms with Gasteiger partial charge in [-0.15, -0.1) is 10.2 Å². The molecule has 1 N–H and O–H groups in total. The van der Waals surface area contributed by atoms with Crippen LogP contribution in [0.3, 0.4) is 0 Å². The molecular formula is C18H18BrN3OS2. The van der Waals surface area contributed by atoms with E-state index in [1.54, 1.807) is 23.1 Å². The zero-order chi connectivity index (χ0) is 17.6. The first-order valence-corrected chi connectivity index (χ1v) is 10.4. The fraction of sp³-hybridized carbons (Fsp3) is 0.222. The van der Waals surface area contributed by atoms with Crippen molar-refractivity contribution in [3.8, 4) is 5.75 Å². The predicted octanol–water partition coefficient (Wildman–Crippen LogP) is 5.83. The lowest BCUT2D eigenvalue weighted by Gasteiger charge is -2.08.